The zero-order chi connectivity index (χ0) is 12.5. The third kappa shape index (κ3) is 2.62. The van der Waals surface area contributed by atoms with Gasteiger partial charge in [-0.15, -0.1) is 0 Å². The molecule has 2 nitrogen and oxygen atoms in total. The van der Waals surface area contributed by atoms with Crippen molar-refractivity contribution in [3.63, 3.8) is 0 Å². The van der Waals surface area contributed by atoms with Gasteiger partial charge in [-0.3, -0.25) is 0 Å². The average Bonchev–Trinajstić information content (AvgIpc) is 2.30. The number of hydrogen-bond donors (Lipinski definition) is 0. The first-order valence-corrected chi connectivity index (χ1v) is 6.35. The minimum Gasteiger partial charge on any atom is -0.329 e. The molecule has 0 aliphatic rings. The van der Waals surface area contributed by atoms with E-state index < -0.39 is 5.25 Å². The lowest BCUT2D eigenvalue weighted by atomic mass is 10.1. The number of nitrogens with zero attached hydrogens (tertiary/aromatic N) is 2. The molecule has 0 unspecified atom stereocenters. The molecule has 0 N–H and O–H groups in total. The maximum atomic E-state index is 6.45. The van der Waals surface area contributed by atoms with Crippen LogP contribution < -0.4 is 8.96 Å². The van der Waals surface area contributed by atoms with E-state index in [0.29, 0.717) is 0 Å². The standard InChI is InChI=1S/C12H14BCl2N2/c1-11-3-7-16(8-4-11)13(14,15)17-9-5-12(2)6-10-17/h3-10H,1-2H3/q+1. The highest BCUT2D eigenvalue weighted by atomic mass is 35.5. The Labute approximate surface area is 111 Å². The predicted octanol–water partition coefficient (Wildman–Crippen LogP) is 2.19. The Balaban J connectivity index is 2.41. The summed E-state index contributed by atoms with van der Waals surface area (Å²) in [5.41, 5.74) is 2.35. The fourth-order valence-electron chi connectivity index (χ4n) is 1.59. The predicted molar refractivity (Wildman–Crippen MR) is 71.0 cm³/mol. The highest BCUT2D eigenvalue weighted by molar-refractivity contribution is 7.36. The number of aryl methyl sites for hydroxylation is 2. The highest BCUT2D eigenvalue weighted by Crippen LogP contribution is 2.07. The molecule has 0 atom stereocenters. The van der Waals surface area contributed by atoms with Gasteiger partial charge in [-0.2, -0.15) is 22.9 Å². The molecule has 0 bridgehead atoms. The zero-order valence-corrected chi connectivity index (χ0v) is 11.4. The summed E-state index contributed by atoms with van der Waals surface area (Å²) in [5.74, 6) is 0. The van der Waals surface area contributed by atoms with Crippen LogP contribution in [0.3, 0.4) is 0 Å². The summed E-state index contributed by atoms with van der Waals surface area (Å²) < 4.78 is 3.62. The van der Waals surface area contributed by atoms with Crippen molar-refractivity contribution in [1.29, 1.82) is 0 Å². The lowest BCUT2D eigenvalue weighted by molar-refractivity contribution is -0.673. The molecule has 0 amide bonds. The summed E-state index contributed by atoms with van der Waals surface area (Å²) in [6, 6.07) is 7.93. The van der Waals surface area contributed by atoms with E-state index in [1.807, 2.05) is 71.9 Å². The second kappa shape index (κ2) is 4.67. The molecule has 88 valence electrons. The minimum absolute atomic E-state index is 1.18. The van der Waals surface area contributed by atoms with Crippen molar-refractivity contribution in [2.45, 2.75) is 13.8 Å². The van der Waals surface area contributed by atoms with E-state index in [9.17, 15) is 0 Å². The van der Waals surface area contributed by atoms with Crippen molar-refractivity contribution in [3.8, 4) is 0 Å². The lowest BCUT2D eigenvalue weighted by Gasteiger charge is -2.15. The Morgan fingerprint density at radius 2 is 1.06 bits per heavy atom. The zero-order valence-electron chi connectivity index (χ0n) is 9.85. The summed E-state index contributed by atoms with van der Waals surface area (Å²) in [6.45, 7) is 4.06. The Morgan fingerprint density at radius 1 is 0.765 bits per heavy atom. The second-order valence-electron chi connectivity index (χ2n) is 4.23. The number of hydrogen-bond acceptors (Lipinski definition) is 0. The van der Waals surface area contributed by atoms with Crippen molar-refractivity contribution in [1.82, 2.24) is 0 Å². The van der Waals surface area contributed by atoms with E-state index in [1.165, 1.54) is 11.1 Å². The van der Waals surface area contributed by atoms with E-state index in [-0.39, 0.29) is 0 Å². The van der Waals surface area contributed by atoms with Gasteiger partial charge in [0.15, 0.2) is 0 Å². The maximum Gasteiger partial charge on any atom is 0.724 e. The fourth-order valence-corrected chi connectivity index (χ4v) is 2.11. The summed E-state index contributed by atoms with van der Waals surface area (Å²) in [4.78, 5) is 0. The van der Waals surface area contributed by atoms with Crippen LogP contribution in [0.4, 0.5) is 0 Å². The third-order valence-electron chi connectivity index (χ3n) is 2.76. The molecule has 5 heteroatoms. The van der Waals surface area contributed by atoms with Gasteiger partial charge in [0.25, 0.3) is 0 Å². The first kappa shape index (κ1) is 12.4. The van der Waals surface area contributed by atoms with E-state index in [1.54, 1.807) is 0 Å². The maximum absolute atomic E-state index is 6.45. The Bertz CT molecular complexity index is 462. The van der Waals surface area contributed by atoms with Gasteiger partial charge in [-0.05, 0) is 25.0 Å². The summed E-state index contributed by atoms with van der Waals surface area (Å²) >= 11 is 12.9. The van der Waals surface area contributed by atoms with Gasteiger partial charge in [-0.1, -0.05) is 0 Å². The van der Waals surface area contributed by atoms with Crippen molar-refractivity contribution in [2.75, 3.05) is 0 Å². The Morgan fingerprint density at radius 3 is 1.35 bits per heavy atom. The molecule has 0 saturated carbocycles. The average molecular weight is 268 g/mol. The smallest absolute Gasteiger partial charge is 0.329 e. The lowest BCUT2D eigenvalue weighted by Crippen LogP contribution is -2.75. The molecule has 2 heterocycles. The molecule has 0 radical (unpaired) electrons. The Kier molecular flexibility index (Phi) is 3.41. The monoisotopic (exact) mass is 267 g/mol. The summed E-state index contributed by atoms with van der Waals surface area (Å²) in [6.07, 6.45) is 7.56. The molecule has 0 fully saturated rings. The Hall–Kier alpha value is -1.06. The van der Waals surface area contributed by atoms with Crippen LogP contribution in [0.5, 0.6) is 0 Å². The van der Waals surface area contributed by atoms with Crippen LogP contribution in [-0.2, 0) is 0 Å². The van der Waals surface area contributed by atoms with Crippen molar-refractivity contribution >= 4 is 28.2 Å². The molecule has 0 spiro atoms. The van der Waals surface area contributed by atoms with Crippen molar-refractivity contribution in [3.05, 3.63) is 60.2 Å². The largest absolute Gasteiger partial charge is 0.724 e. The molecule has 2 rings (SSSR count). The molecule has 0 saturated heterocycles. The van der Waals surface area contributed by atoms with Gasteiger partial charge in [0.1, 0.15) is 24.8 Å². The van der Waals surface area contributed by atoms with E-state index in [4.69, 9.17) is 22.9 Å². The van der Waals surface area contributed by atoms with Gasteiger partial charge in [-0.25, -0.2) is 0 Å². The first-order chi connectivity index (χ1) is 8.00. The van der Waals surface area contributed by atoms with Crippen LogP contribution in [0.25, 0.3) is 0 Å². The van der Waals surface area contributed by atoms with E-state index in [0.717, 1.165) is 0 Å². The van der Waals surface area contributed by atoms with Gasteiger partial charge in [0.2, 0.25) is 0 Å². The normalized spacial score (nSPS) is 11.5. The molecule has 17 heavy (non-hydrogen) atoms. The molecule has 0 aliphatic carbocycles. The topological polar surface area (TPSA) is 7.76 Å². The van der Waals surface area contributed by atoms with E-state index in [2.05, 4.69) is 0 Å². The van der Waals surface area contributed by atoms with Gasteiger partial charge in [0.05, 0.1) is 0 Å². The van der Waals surface area contributed by atoms with Crippen LogP contribution >= 0.6 is 22.9 Å². The van der Waals surface area contributed by atoms with Crippen molar-refractivity contribution in [2.24, 2.45) is 0 Å². The van der Waals surface area contributed by atoms with Crippen LogP contribution in [0.15, 0.2) is 49.1 Å². The van der Waals surface area contributed by atoms with Gasteiger partial charge in [0, 0.05) is 24.3 Å². The molecule has 2 aromatic rings. The van der Waals surface area contributed by atoms with Gasteiger partial charge >= 0.3 is 5.25 Å². The van der Waals surface area contributed by atoms with Crippen molar-refractivity contribution < 1.29 is 8.96 Å². The second-order valence-corrected chi connectivity index (χ2v) is 5.67. The molecule has 0 aliphatic heterocycles. The number of rotatable bonds is 2. The molecular weight excluding hydrogens is 254 g/mol. The highest BCUT2D eigenvalue weighted by Gasteiger charge is 2.45. The number of pyridine rings is 2. The van der Waals surface area contributed by atoms with Crippen LogP contribution in [-0.4, -0.2) is 5.25 Å². The number of halogens is 2. The minimum atomic E-state index is -1.86. The van der Waals surface area contributed by atoms with Gasteiger partial charge < -0.3 is 8.96 Å². The summed E-state index contributed by atoms with van der Waals surface area (Å²) in [5, 5.41) is -1.86. The summed E-state index contributed by atoms with van der Waals surface area (Å²) in [7, 11) is 0. The van der Waals surface area contributed by atoms with Crippen LogP contribution in [0.2, 0.25) is 0 Å². The molecular formula is C12H14BCl2N2+. The van der Waals surface area contributed by atoms with Crippen LogP contribution in [0, 0.1) is 13.8 Å². The quantitative estimate of drug-likeness (QED) is 0.737. The molecule has 2 aromatic heterocycles. The fraction of sp³-hybridized carbons (Fsp3) is 0.167. The SMILES string of the molecule is Cc1cc[n+]([B-](Cl)(Cl)[n+]2ccc(C)cc2)cc1. The molecule has 0 aromatic carbocycles. The number of aromatic nitrogens is 2. The first-order valence-electron chi connectivity index (χ1n) is 5.47. The van der Waals surface area contributed by atoms with E-state index >= 15 is 0 Å². The van der Waals surface area contributed by atoms with Crippen LogP contribution in [0.1, 0.15) is 11.1 Å². The third-order valence-corrected chi connectivity index (χ3v) is 3.66.